The van der Waals surface area contributed by atoms with Crippen molar-refractivity contribution < 1.29 is 4.79 Å². The van der Waals surface area contributed by atoms with Gasteiger partial charge in [-0.1, -0.05) is 25.4 Å². The third kappa shape index (κ3) is 3.71. The molecule has 0 aliphatic rings. The van der Waals surface area contributed by atoms with Crippen LogP contribution in [0.15, 0.2) is 22.7 Å². The minimum atomic E-state index is -0.157. The molecule has 0 heterocycles. The Balaban J connectivity index is 2.90. The number of carbonyl (C=O) groups is 1. The average Bonchev–Trinajstić information content (AvgIpc) is 2.28. The molecular weight excluding hydrogens is 302 g/mol. The topological polar surface area (TPSA) is 29.1 Å². The fourth-order valence-electron chi connectivity index (χ4n) is 1.44. The molecule has 0 unspecified atom stereocenters. The van der Waals surface area contributed by atoms with Gasteiger partial charge in [-0.25, -0.2) is 0 Å². The third-order valence-electron chi connectivity index (χ3n) is 3.15. The monoisotopic (exact) mass is 317 g/mol. The van der Waals surface area contributed by atoms with Gasteiger partial charge in [0.2, 0.25) is 0 Å². The van der Waals surface area contributed by atoms with Crippen molar-refractivity contribution >= 4 is 33.4 Å². The van der Waals surface area contributed by atoms with E-state index >= 15 is 0 Å². The van der Waals surface area contributed by atoms with Crippen LogP contribution in [-0.4, -0.2) is 11.4 Å². The van der Waals surface area contributed by atoms with Crippen LogP contribution in [0.4, 0.5) is 0 Å². The molecule has 4 heteroatoms. The van der Waals surface area contributed by atoms with Crippen molar-refractivity contribution in [2.75, 3.05) is 0 Å². The van der Waals surface area contributed by atoms with E-state index in [1.54, 1.807) is 18.2 Å². The molecule has 1 aromatic rings. The van der Waals surface area contributed by atoms with Gasteiger partial charge in [0.05, 0.1) is 5.56 Å². The lowest BCUT2D eigenvalue weighted by Crippen LogP contribution is -2.45. The van der Waals surface area contributed by atoms with Gasteiger partial charge < -0.3 is 5.32 Å². The summed E-state index contributed by atoms with van der Waals surface area (Å²) in [5.74, 6) is -0.0697. The molecule has 0 bridgehead atoms. The summed E-state index contributed by atoms with van der Waals surface area (Å²) >= 11 is 9.20. The number of rotatable bonds is 4. The van der Waals surface area contributed by atoms with Crippen molar-refractivity contribution in [1.29, 1.82) is 0 Å². The molecule has 0 saturated carbocycles. The highest BCUT2D eigenvalue weighted by molar-refractivity contribution is 9.10. The SMILES string of the molecule is CCC(C)(CC)NC(=O)c1ccc(Cl)cc1Br. The van der Waals surface area contributed by atoms with Gasteiger partial charge >= 0.3 is 0 Å². The maximum atomic E-state index is 12.1. The lowest BCUT2D eigenvalue weighted by molar-refractivity contribution is 0.0900. The first kappa shape index (κ1) is 14.5. The van der Waals surface area contributed by atoms with Gasteiger partial charge in [0.25, 0.3) is 5.91 Å². The zero-order valence-corrected chi connectivity index (χ0v) is 12.7. The van der Waals surface area contributed by atoms with E-state index in [9.17, 15) is 4.79 Å². The summed E-state index contributed by atoms with van der Waals surface area (Å²) in [5.41, 5.74) is 0.457. The second-order valence-corrected chi connectivity index (χ2v) is 5.64. The van der Waals surface area contributed by atoms with E-state index in [1.807, 2.05) is 0 Å². The molecule has 1 rings (SSSR count). The number of hydrogen-bond acceptors (Lipinski definition) is 1. The molecule has 0 aliphatic heterocycles. The fourth-order valence-corrected chi connectivity index (χ4v) is 2.30. The largest absolute Gasteiger partial charge is 0.347 e. The number of nitrogens with one attached hydrogen (secondary N) is 1. The van der Waals surface area contributed by atoms with Gasteiger partial charge in [-0.3, -0.25) is 4.79 Å². The van der Waals surface area contributed by atoms with Gasteiger partial charge in [-0.15, -0.1) is 0 Å². The molecule has 0 saturated heterocycles. The predicted octanol–water partition coefficient (Wildman–Crippen LogP) is 4.41. The van der Waals surface area contributed by atoms with Gasteiger partial charge in [0, 0.05) is 15.0 Å². The van der Waals surface area contributed by atoms with Gasteiger partial charge in [-0.2, -0.15) is 0 Å². The van der Waals surface area contributed by atoms with E-state index in [1.165, 1.54) is 0 Å². The predicted molar refractivity (Wildman–Crippen MR) is 75.6 cm³/mol. The second-order valence-electron chi connectivity index (χ2n) is 4.35. The van der Waals surface area contributed by atoms with Gasteiger partial charge in [0.1, 0.15) is 0 Å². The average molecular weight is 319 g/mol. The molecule has 1 aromatic carbocycles. The minimum Gasteiger partial charge on any atom is -0.347 e. The summed E-state index contributed by atoms with van der Waals surface area (Å²) < 4.78 is 0.719. The normalized spacial score (nSPS) is 11.4. The number of benzene rings is 1. The summed E-state index contributed by atoms with van der Waals surface area (Å²) in [4.78, 5) is 12.1. The highest BCUT2D eigenvalue weighted by Crippen LogP contribution is 2.23. The summed E-state index contributed by atoms with van der Waals surface area (Å²) in [6, 6.07) is 5.18. The lowest BCUT2D eigenvalue weighted by atomic mass is 9.95. The van der Waals surface area contributed by atoms with E-state index in [0.717, 1.165) is 17.3 Å². The fraction of sp³-hybridized carbons (Fsp3) is 0.462. The van der Waals surface area contributed by atoms with Crippen molar-refractivity contribution in [2.24, 2.45) is 0 Å². The molecule has 0 radical (unpaired) electrons. The van der Waals surface area contributed by atoms with Crippen LogP contribution in [0.3, 0.4) is 0 Å². The van der Waals surface area contributed by atoms with Gasteiger partial charge in [-0.05, 0) is 53.9 Å². The number of halogens is 2. The second kappa shape index (κ2) is 5.87. The standard InChI is InChI=1S/C13H17BrClNO/c1-4-13(3,5-2)16-12(17)10-7-6-9(15)8-11(10)14/h6-8H,4-5H2,1-3H3,(H,16,17). The van der Waals surface area contributed by atoms with Crippen molar-refractivity contribution in [3.05, 3.63) is 33.3 Å². The van der Waals surface area contributed by atoms with Crippen LogP contribution in [0, 0.1) is 0 Å². The van der Waals surface area contributed by atoms with Crippen LogP contribution < -0.4 is 5.32 Å². The Hall–Kier alpha value is -0.540. The van der Waals surface area contributed by atoms with E-state index < -0.39 is 0 Å². The van der Waals surface area contributed by atoms with Crippen molar-refractivity contribution in [2.45, 2.75) is 39.2 Å². The van der Waals surface area contributed by atoms with E-state index in [-0.39, 0.29) is 11.4 Å². The molecular formula is C13H17BrClNO. The molecule has 0 spiro atoms. The first-order valence-electron chi connectivity index (χ1n) is 5.69. The van der Waals surface area contributed by atoms with Crippen molar-refractivity contribution in [3.8, 4) is 0 Å². The van der Waals surface area contributed by atoms with Crippen molar-refractivity contribution in [1.82, 2.24) is 5.32 Å². The van der Waals surface area contributed by atoms with E-state index in [4.69, 9.17) is 11.6 Å². The Bertz CT molecular complexity index is 416. The lowest BCUT2D eigenvalue weighted by Gasteiger charge is -2.28. The summed E-state index contributed by atoms with van der Waals surface area (Å²) in [6.07, 6.45) is 1.81. The Labute approximate surface area is 116 Å². The Morgan fingerprint density at radius 2 is 2.00 bits per heavy atom. The maximum absolute atomic E-state index is 12.1. The molecule has 0 aromatic heterocycles. The highest BCUT2D eigenvalue weighted by atomic mass is 79.9. The number of hydrogen-bond donors (Lipinski definition) is 1. The van der Waals surface area contributed by atoms with Crippen LogP contribution in [-0.2, 0) is 0 Å². The quantitative estimate of drug-likeness (QED) is 0.875. The minimum absolute atomic E-state index is 0.0697. The Morgan fingerprint density at radius 1 is 1.41 bits per heavy atom. The van der Waals surface area contributed by atoms with E-state index in [0.29, 0.717) is 10.6 Å². The highest BCUT2D eigenvalue weighted by Gasteiger charge is 2.23. The van der Waals surface area contributed by atoms with Crippen LogP contribution in [0.5, 0.6) is 0 Å². The Kier molecular flexibility index (Phi) is 5.02. The van der Waals surface area contributed by atoms with E-state index in [2.05, 4.69) is 42.0 Å². The molecule has 17 heavy (non-hydrogen) atoms. The maximum Gasteiger partial charge on any atom is 0.252 e. The van der Waals surface area contributed by atoms with Crippen molar-refractivity contribution in [3.63, 3.8) is 0 Å². The zero-order valence-electron chi connectivity index (χ0n) is 10.3. The third-order valence-corrected chi connectivity index (χ3v) is 4.04. The first-order chi connectivity index (χ1) is 7.91. The zero-order chi connectivity index (χ0) is 13.1. The smallest absolute Gasteiger partial charge is 0.252 e. The molecule has 0 fully saturated rings. The van der Waals surface area contributed by atoms with Crippen LogP contribution in [0.2, 0.25) is 5.02 Å². The Morgan fingerprint density at radius 3 is 2.47 bits per heavy atom. The number of amides is 1. The summed E-state index contributed by atoms with van der Waals surface area (Å²) in [7, 11) is 0. The van der Waals surface area contributed by atoms with Crippen LogP contribution in [0.1, 0.15) is 44.0 Å². The van der Waals surface area contributed by atoms with Gasteiger partial charge in [0.15, 0.2) is 0 Å². The molecule has 2 nitrogen and oxygen atoms in total. The molecule has 1 N–H and O–H groups in total. The molecule has 0 aliphatic carbocycles. The molecule has 0 atom stereocenters. The molecule has 94 valence electrons. The van der Waals surface area contributed by atoms with Crippen LogP contribution in [0.25, 0.3) is 0 Å². The summed E-state index contributed by atoms with van der Waals surface area (Å²) in [5, 5.41) is 3.67. The number of carbonyl (C=O) groups excluding carboxylic acids is 1. The summed E-state index contributed by atoms with van der Waals surface area (Å²) in [6.45, 7) is 6.19. The first-order valence-corrected chi connectivity index (χ1v) is 6.86. The van der Waals surface area contributed by atoms with Crippen LogP contribution >= 0.6 is 27.5 Å². The molecule has 1 amide bonds.